The zero-order valence-corrected chi connectivity index (χ0v) is 48.7. The molecule has 9 N–H and O–H groups in total. The fourth-order valence-electron chi connectivity index (χ4n) is 10.4. The van der Waals surface area contributed by atoms with E-state index in [2.05, 4.69) is 43.5 Å². The molecule has 2 rings (SSSR count). The van der Waals surface area contributed by atoms with Gasteiger partial charge in [-0.05, 0) is 57.8 Å². The fourth-order valence-corrected chi connectivity index (χ4v) is 10.4. The second-order valence-corrected chi connectivity index (χ2v) is 22.5. The lowest BCUT2D eigenvalue weighted by molar-refractivity contribution is -0.359. The van der Waals surface area contributed by atoms with Crippen LogP contribution >= 0.6 is 0 Å². The predicted molar refractivity (Wildman–Crippen MR) is 309 cm³/mol. The molecule has 12 atom stereocenters. The first kappa shape index (κ1) is 71.3. The van der Waals surface area contributed by atoms with Crippen LogP contribution in [0.2, 0.25) is 0 Å². The molecular formula is C63H117NO13. The molecule has 0 bridgehead atoms. The van der Waals surface area contributed by atoms with E-state index in [0.29, 0.717) is 12.8 Å². The summed E-state index contributed by atoms with van der Waals surface area (Å²) in [5.74, 6) is -0.256. The fraction of sp³-hybridized carbons (Fsp3) is 0.889. The highest BCUT2D eigenvalue weighted by molar-refractivity contribution is 5.76. The van der Waals surface area contributed by atoms with Gasteiger partial charge in [-0.3, -0.25) is 4.79 Å². The van der Waals surface area contributed by atoms with Gasteiger partial charge in [0, 0.05) is 6.42 Å². The minimum absolute atomic E-state index is 0.256. The Morgan fingerprint density at radius 3 is 1.27 bits per heavy atom. The average molecular weight is 1100 g/mol. The monoisotopic (exact) mass is 1100 g/mol. The third-order valence-corrected chi connectivity index (χ3v) is 15.5. The molecule has 2 saturated heterocycles. The molecule has 0 aliphatic carbocycles. The van der Waals surface area contributed by atoms with Crippen molar-refractivity contribution in [2.75, 3.05) is 19.8 Å². The summed E-state index contributed by atoms with van der Waals surface area (Å²) < 4.78 is 22.8. The Labute approximate surface area is 468 Å². The van der Waals surface area contributed by atoms with E-state index in [-0.39, 0.29) is 18.9 Å². The molecule has 0 saturated carbocycles. The zero-order chi connectivity index (χ0) is 56.0. The van der Waals surface area contributed by atoms with Crippen molar-refractivity contribution in [1.29, 1.82) is 0 Å². The molecule has 14 heteroatoms. The van der Waals surface area contributed by atoms with Gasteiger partial charge in [0.15, 0.2) is 12.6 Å². The van der Waals surface area contributed by atoms with Gasteiger partial charge in [-0.2, -0.15) is 0 Å². The normalized spacial score (nSPS) is 24.9. The lowest BCUT2D eigenvalue weighted by atomic mass is 9.97. The number of aliphatic hydroxyl groups excluding tert-OH is 8. The molecule has 452 valence electrons. The van der Waals surface area contributed by atoms with Crippen LogP contribution in [0.1, 0.15) is 264 Å². The highest BCUT2D eigenvalue weighted by Crippen LogP contribution is 2.30. The van der Waals surface area contributed by atoms with Crippen molar-refractivity contribution in [3.63, 3.8) is 0 Å². The van der Waals surface area contributed by atoms with Crippen LogP contribution in [0.5, 0.6) is 0 Å². The number of allylic oxidation sites excluding steroid dienone is 5. The van der Waals surface area contributed by atoms with Crippen LogP contribution in [0, 0.1) is 0 Å². The minimum Gasteiger partial charge on any atom is -0.394 e. The molecule has 2 aliphatic rings. The summed E-state index contributed by atoms with van der Waals surface area (Å²) >= 11 is 0. The van der Waals surface area contributed by atoms with E-state index >= 15 is 0 Å². The number of carbonyl (C=O) groups excluding carboxylic acids is 1. The Morgan fingerprint density at radius 2 is 0.831 bits per heavy atom. The van der Waals surface area contributed by atoms with E-state index < -0.39 is 86.8 Å². The average Bonchev–Trinajstić information content (AvgIpc) is 3.44. The van der Waals surface area contributed by atoms with E-state index in [4.69, 9.17) is 18.9 Å². The predicted octanol–water partition coefficient (Wildman–Crippen LogP) is 11.4. The van der Waals surface area contributed by atoms with Gasteiger partial charge in [-0.15, -0.1) is 0 Å². The molecule has 0 aromatic carbocycles. The highest BCUT2D eigenvalue weighted by Gasteiger charge is 2.51. The SMILES string of the molecule is CCCCCCCCC/C=C\CCCCCCCC(=O)NC(COC1OC(CO)C(OC2OC(CO)C(O)C(O)C2O)C(O)C1O)C(O)/C=C/CC/C=C/CCCCCCCCCCCCCCCCCCCCCCC. The van der Waals surface area contributed by atoms with E-state index in [1.54, 1.807) is 6.08 Å². The van der Waals surface area contributed by atoms with Crippen molar-refractivity contribution >= 4 is 5.91 Å². The number of hydrogen-bond donors (Lipinski definition) is 9. The molecule has 2 heterocycles. The number of hydrogen-bond acceptors (Lipinski definition) is 13. The van der Waals surface area contributed by atoms with Crippen LogP contribution < -0.4 is 5.32 Å². The van der Waals surface area contributed by atoms with Crippen LogP contribution in [0.4, 0.5) is 0 Å². The summed E-state index contributed by atoms with van der Waals surface area (Å²) in [5, 5.41) is 87.1. The molecule has 0 spiro atoms. The largest absolute Gasteiger partial charge is 0.394 e. The molecule has 0 aromatic rings. The van der Waals surface area contributed by atoms with Crippen molar-refractivity contribution in [3.05, 3.63) is 36.5 Å². The number of nitrogens with one attached hydrogen (secondary N) is 1. The Kier molecular flexibility index (Phi) is 45.3. The second kappa shape index (κ2) is 48.9. The number of amides is 1. The first-order valence-corrected chi connectivity index (χ1v) is 31.7. The van der Waals surface area contributed by atoms with Crippen LogP contribution in [-0.4, -0.2) is 140 Å². The zero-order valence-electron chi connectivity index (χ0n) is 48.7. The Hall–Kier alpha value is -1.79. The second-order valence-electron chi connectivity index (χ2n) is 22.5. The van der Waals surface area contributed by atoms with Crippen molar-refractivity contribution < 1.29 is 64.6 Å². The first-order chi connectivity index (χ1) is 37.6. The van der Waals surface area contributed by atoms with Crippen molar-refractivity contribution in [2.45, 2.75) is 338 Å². The van der Waals surface area contributed by atoms with Crippen molar-refractivity contribution in [3.8, 4) is 0 Å². The smallest absolute Gasteiger partial charge is 0.220 e. The van der Waals surface area contributed by atoms with E-state index in [9.17, 15) is 45.6 Å². The molecule has 2 fully saturated rings. The van der Waals surface area contributed by atoms with Gasteiger partial charge >= 0.3 is 0 Å². The molecule has 14 nitrogen and oxygen atoms in total. The molecule has 0 aromatic heterocycles. The molecular weight excluding hydrogens is 979 g/mol. The Balaban J connectivity index is 1.74. The highest BCUT2D eigenvalue weighted by atomic mass is 16.7. The maximum Gasteiger partial charge on any atom is 0.220 e. The van der Waals surface area contributed by atoms with Gasteiger partial charge in [0.25, 0.3) is 0 Å². The summed E-state index contributed by atoms with van der Waals surface area (Å²) in [6.45, 7) is 2.79. The van der Waals surface area contributed by atoms with E-state index in [1.807, 2.05) is 6.08 Å². The number of aliphatic hydroxyl groups is 8. The summed E-state index contributed by atoms with van der Waals surface area (Å²) in [6.07, 6.45) is 43.4. The van der Waals surface area contributed by atoms with Gasteiger partial charge in [-0.1, -0.05) is 237 Å². The minimum atomic E-state index is -1.79. The molecule has 12 unspecified atom stereocenters. The molecule has 2 aliphatic heterocycles. The van der Waals surface area contributed by atoms with Gasteiger partial charge in [0.2, 0.25) is 5.91 Å². The van der Waals surface area contributed by atoms with Gasteiger partial charge < -0.3 is 65.1 Å². The van der Waals surface area contributed by atoms with Gasteiger partial charge in [0.1, 0.15) is 48.8 Å². The molecule has 1 amide bonds. The van der Waals surface area contributed by atoms with Crippen molar-refractivity contribution in [1.82, 2.24) is 5.32 Å². The van der Waals surface area contributed by atoms with E-state index in [1.165, 1.54) is 180 Å². The van der Waals surface area contributed by atoms with Crippen LogP contribution in [-0.2, 0) is 23.7 Å². The molecule has 0 radical (unpaired) electrons. The first-order valence-electron chi connectivity index (χ1n) is 31.7. The van der Waals surface area contributed by atoms with Gasteiger partial charge in [-0.25, -0.2) is 0 Å². The topological polar surface area (TPSA) is 228 Å². The van der Waals surface area contributed by atoms with Crippen LogP contribution in [0.15, 0.2) is 36.5 Å². The van der Waals surface area contributed by atoms with Gasteiger partial charge in [0.05, 0.1) is 32.0 Å². The van der Waals surface area contributed by atoms with Crippen molar-refractivity contribution in [2.24, 2.45) is 0 Å². The Morgan fingerprint density at radius 1 is 0.455 bits per heavy atom. The number of rotatable bonds is 51. The number of ether oxygens (including phenoxy) is 4. The summed E-state index contributed by atoms with van der Waals surface area (Å²) in [4.78, 5) is 13.2. The van der Waals surface area contributed by atoms with Crippen LogP contribution in [0.25, 0.3) is 0 Å². The third-order valence-electron chi connectivity index (χ3n) is 15.5. The lowest BCUT2D eigenvalue weighted by Gasteiger charge is -2.46. The summed E-state index contributed by atoms with van der Waals surface area (Å²) in [5.41, 5.74) is 0. The molecule has 77 heavy (non-hydrogen) atoms. The number of unbranched alkanes of at least 4 members (excludes halogenated alkanes) is 34. The lowest BCUT2D eigenvalue weighted by Crippen LogP contribution is -2.65. The van der Waals surface area contributed by atoms with E-state index in [0.717, 1.165) is 51.4 Å². The standard InChI is InChI=1S/C63H117NO13/c1-3-5-7-9-11-13-15-17-19-21-22-23-24-25-26-27-28-29-30-31-32-34-36-38-40-42-44-46-52(67)51(64-55(68)47-45-43-41-39-37-35-33-20-18-16-14-12-10-8-6-4-2)50-74-62-60(73)58(71)61(54(49-66)76-62)77-63-59(72)57(70)56(69)53(48-65)75-63/h20,33,36,38,44,46,51-54,56-63,65-67,69-73H,3-19,21-32,34-35,37,39-43,45,47-50H2,1-2H3,(H,64,68)/b33-20-,38-36+,46-44+. The quantitative estimate of drug-likeness (QED) is 0.0204. The maximum absolute atomic E-state index is 13.2. The third kappa shape index (κ3) is 34.3. The maximum atomic E-state index is 13.2. The summed E-state index contributed by atoms with van der Waals surface area (Å²) in [7, 11) is 0. The Bertz CT molecular complexity index is 1430. The number of carbonyl (C=O) groups is 1. The van der Waals surface area contributed by atoms with Crippen LogP contribution in [0.3, 0.4) is 0 Å². The summed E-state index contributed by atoms with van der Waals surface area (Å²) in [6, 6.07) is -0.935.